The number of anilines is 2. The van der Waals surface area contributed by atoms with E-state index in [1.807, 2.05) is 37.3 Å². The largest absolute Gasteiger partial charge is 0.494 e. The maximum absolute atomic E-state index is 12.6. The highest BCUT2D eigenvalue weighted by atomic mass is 16.5. The molecule has 2 N–H and O–H groups in total. The molecule has 2 aromatic carbocycles. The zero-order chi connectivity index (χ0) is 21.3. The molecule has 0 aliphatic heterocycles. The highest BCUT2D eigenvalue weighted by Crippen LogP contribution is 2.31. The minimum absolute atomic E-state index is 0.0579. The molecule has 0 spiro atoms. The number of carbonyl (C=O) groups is 2. The minimum atomic E-state index is -0.190. The third-order valence-electron chi connectivity index (χ3n) is 5.33. The van der Waals surface area contributed by atoms with E-state index < -0.39 is 0 Å². The Morgan fingerprint density at radius 1 is 0.967 bits per heavy atom. The molecule has 0 saturated heterocycles. The molecular formula is C25H32N2O3. The predicted octanol–water partition coefficient (Wildman–Crippen LogP) is 5.95. The number of amides is 2. The van der Waals surface area contributed by atoms with Crippen LogP contribution in [0, 0.1) is 12.8 Å². The summed E-state index contributed by atoms with van der Waals surface area (Å²) in [6.45, 7) is 4.85. The van der Waals surface area contributed by atoms with E-state index in [4.69, 9.17) is 4.74 Å². The Bertz CT molecular complexity index is 857. The summed E-state index contributed by atoms with van der Waals surface area (Å²) in [5, 5.41) is 5.87. The van der Waals surface area contributed by atoms with Gasteiger partial charge in [0.1, 0.15) is 5.75 Å². The van der Waals surface area contributed by atoms with E-state index >= 15 is 0 Å². The van der Waals surface area contributed by atoms with Crippen LogP contribution in [0.4, 0.5) is 11.4 Å². The van der Waals surface area contributed by atoms with Crippen molar-refractivity contribution in [2.24, 2.45) is 5.92 Å². The second kappa shape index (κ2) is 10.8. The molecule has 0 bridgehead atoms. The molecule has 0 radical (unpaired) electrons. The number of rotatable bonds is 11. The summed E-state index contributed by atoms with van der Waals surface area (Å²) in [5.41, 5.74) is 2.93. The lowest BCUT2D eigenvalue weighted by atomic mass is 10.1. The van der Waals surface area contributed by atoms with Gasteiger partial charge in [-0.25, -0.2) is 0 Å². The highest BCUT2D eigenvalue weighted by molar-refractivity contribution is 6.05. The summed E-state index contributed by atoms with van der Waals surface area (Å²) in [6, 6.07) is 12.8. The monoisotopic (exact) mass is 408 g/mol. The van der Waals surface area contributed by atoms with Gasteiger partial charge in [-0.2, -0.15) is 0 Å². The van der Waals surface area contributed by atoms with Crippen LogP contribution in [0.1, 0.15) is 67.8 Å². The molecule has 160 valence electrons. The first kappa shape index (κ1) is 21.9. The van der Waals surface area contributed by atoms with Gasteiger partial charge in [-0.05, 0) is 68.1 Å². The van der Waals surface area contributed by atoms with Crippen LogP contribution in [0.15, 0.2) is 42.5 Å². The Labute approximate surface area is 179 Å². The first-order valence-corrected chi connectivity index (χ1v) is 11.0. The van der Waals surface area contributed by atoms with E-state index in [-0.39, 0.29) is 17.7 Å². The fourth-order valence-electron chi connectivity index (χ4n) is 3.22. The van der Waals surface area contributed by atoms with Crippen molar-refractivity contribution in [3.05, 3.63) is 53.6 Å². The van der Waals surface area contributed by atoms with Crippen molar-refractivity contribution in [2.45, 2.75) is 58.8 Å². The SMILES string of the molecule is CCCCCCCOc1ccc(C(=O)Nc2ccc(C)c(NC(=O)C3CC3)c2)cc1. The van der Waals surface area contributed by atoms with E-state index in [0.29, 0.717) is 17.9 Å². The Kier molecular flexibility index (Phi) is 7.89. The molecule has 1 saturated carbocycles. The normalized spacial score (nSPS) is 13.0. The fraction of sp³-hybridized carbons (Fsp3) is 0.440. The van der Waals surface area contributed by atoms with Crippen LogP contribution in [-0.2, 0) is 4.79 Å². The van der Waals surface area contributed by atoms with Gasteiger partial charge in [-0.1, -0.05) is 38.7 Å². The highest BCUT2D eigenvalue weighted by Gasteiger charge is 2.29. The van der Waals surface area contributed by atoms with Crippen molar-refractivity contribution in [1.29, 1.82) is 0 Å². The molecule has 0 atom stereocenters. The van der Waals surface area contributed by atoms with Gasteiger partial charge in [0.05, 0.1) is 6.61 Å². The van der Waals surface area contributed by atoms with Crippen molar-refractivity contribution >= 4 is 23.2 Å². The molecule has 1 fully saturated rings. The van der Waals surface area contributed by atoms with Gasteiger partial charge in [0, 0.05) is 22.9 Å². The van der Waals surface area contributed by atoms with Gasteiger partial charge in [0.25, 0.3) is 5.91 Å². The molecule has 0 heterocycles. The summed E-state index contributed by atoms with van der Waals surface area (Å²) in [6.07, 6.45) is 7.93. The van der Waals surface area contributed by atoms with Crippen LogP contribution in [-0.4, -0.2) is 18.4 Å². The Morgan fingerprint density at radius 3 is 2.40 bits per heavy atom. The average molecular weight is 409 g/mol. The van der Waals surface area contributed by atoms with Crippen LogP contribution in [0.3, 0.4) is 0 Å². The summed E-state index contributed by atoms with van der Waals surface area (Å²) >= 11 is 0. The van der Waals surface area contributed by atoms with Crippen LogP contribution < -0.4 is 15.4 Å². The number of nitrogens with one attached hydrogen (secondary N) is 2. The molecule has 30 heavy (non-hydrogen) atoms. The Morgan fingerprint density at radius 2 is 1.70 bits per heavy atom. The molecule has 0 aromatic heterocycles. The van der Waals surface area contributed by atoms with Gasteiger partial charge in [-0.15, -0.1) is 0 Å². The molecule has 1 aliphatic carbocycles. The van der Waals surface area contributed by atoms with E-state index in [1.165, 1.54) is 25.7 Å². The topological polar surface area (TPSA) is 67.4 Å². The van der Waals surface area contributed by atoms with Crippen LogP contribution in [0.5, 0.6) is 5.75 Å². The van der Waals surface area contributed by atoms with Gasteiger partial charge in [0.15, 0.2) is 0 Å². The number of hydrogen-bond donors (Lipinski definition) is 2. The lowest BCUT2D eigenvalue weighted by Crippen LogP contribution is -2.15. The number of benzene rings is 2. The van der Waals surface area contributed by atoms with E-state index in [9.17, 15) is 9.59 Å². The maximum atomic E-state index is 12.6. The number of hydrogen-bond acceptors (Lipinski definition) is 3. The van der Waals surface area contributed by atoms with Crippen molar-refractivity contribution in [3.63, 3.8) is 0 Å². The van der Waals surface area contributed by atoms with Gasteiger partial charge in [-0.3, -0.25) is 9.59 Å². The van der Waals surface area contributed by atoms with E-state index in [0.717, 1.165) is 36.3 Å². The summed E-state index contributed by atoms with van der Waals surface area (Å²) in [7, 11) is 0. The molecule has 0 unspecified atom stereocenters. The van der Waals surface area contributed by atoms with Crippen LogP contribution in [0.25, 0.3) is 0 Å². The standard InChI is InChI=1S/C25H32N2O3/c1-3-4-5-6-7-16-30-22-14-11-20(12-15-22)24(28)26-21-13-8-18(2)23(17-21)27-25(29)19-9-10-19/h8,11-15,17,19H,3-7,9-10,16H2,1-2H3,(H,26,28)(H,27,29). The number of unbranched alkanes of at least 4 members (excludes halogenated alkanes) is 4. The van der Waals surface area contributed by atoms with E-state index in [2.05, 4.69) is 17.6 Å². The molecule has 5 nitrogen and oxygen atoms in total. The molecular weight excluding hydrogens is 376 g/mol. The first-order valence-electron chi connectivity index (χ1n) is 11.0. The minimum Gasteiger partial charge on any atom is -0.494 e. The number of ether oxygens (including phenoxy) is 1. The van der Waals surface area contributed by atoms with Crippen molar-refractivity contribution < 1.29 is 14.3 Å². The van der Waals surface area contributed by atoms with Crippen LogP contribution >= 0.6 is 0 Å². The fourth-order valence-corrected chi connectivity index (χ4v) is 3.22. The third-order valence-corrected chi connectivity index (χ3v) is 5.33. The summed E-state index contributed by atoms with van der Waals surface area (Å²) in [4.78, 5) is 24.6. The first-order chi connectivity index (χ1) is 14.6. The van der Waals surface area contributed by atoms with Crippen LogP contribution in [0.2, 0.25) is 0 Å². The van der Waals surface area contributed by atoms with Gasteiger partial charge < -0.3 is 15.4 Å². The molecule has 2 aromatic rings. The van der Waals surface area contributed by atoms with Gasteiger partial charge >= 0.3 is 0 Å². The lowest BCUT2D eigenvalue weighted by molar-refractivity contribution is -0.117. The Balaban J connectivity index is 1.51. The number of carbonyl (C=O) groups excluding carboxylic acids is 2. The predicted molar refractivity (Wildman–Crippen MR) is 121 cm³/mol. The molecule has 3 rings (SSSR count). The molecule has 5 heteroatoms. The smallest absolute Gasteiger partial charge is 0.255 e. The molecule has 1 aliphatic rings. The zero-order valence-corrected chi connectivity index (χ0v) is 18.0. The summed E-state index contributed by atoms with van der Waals surface area (Å²) < 4.78 is 5.76. The Hall–Kier alpha value is -2.82. The van der Waals surface area contributed by atoms with E-state index in [1.54, 1.807) is 12.1 Å². The zero-order valence-electron chi connectivity index (χ0n) is 18.0. The van der Waals surface area contributed by atoms with Crippen molar-refractivity contribution in [2.75, 3.05) is 17.2 Å². The third kappa shape index (κ3) is 6.61. The maximum Gasteiger partial charge on any atom is 0.255 e. The molecule has 2 amide bonds. The van der Waals surface area contributed by atoms with Gasteiger partial charge in [0.2, 0.25) is 5.91 Å². The second-order valence-electron chi connectivity index (χ2n) is 8.03. The second-order valence-corrected chi connectivity index (χ2v) is 8.03. The quantitative estimate of drug-likeness (QED) is 0.452. The lowest BCUT2D eigenvalue weighted by Gasteiger charge is -2.12. The van der Waals surface area contributed by atoms with Crippen molar-refractivity contribution in [1.82, 2.24) is 0 Å². The summed E-state index contributed by atoms with van der Waals surface area (Å²) in [5.74, 6) is 0.786. The van der Waals surface area contributed by atoms with Crippen molar-refractivity contribution in [3.8, 4) is 5.75 Å². The average Bonchev–Trinajstić information content (AvgIpc) is 3.59. The number of aryl methyl sites for hydroxylation is 1.